The molecule has 1 aliphatic rings. The highest BCUT2D eigenvalue weighted by Gasteiger charge is 2.34. The van der Waals surface area contributed by atoms with Gasteiger partial charge >= 0.3 is 5.97 Å². The first-order valence-corrected chi connectivity index (χ1v) is 10.2. The van der Waals surface area contributed by atoms with Gasteiger partial charge in [-0.15, -0.1) is 0 Å². The van der Waals surface area contributed by atoms with Crippen molar-refractivity contribution < 1.29 is 14.3 Å². The van der Waals surface area contributed by atoms with Crippen LogP contribution >= 0.6 is 0 Å². The van der Waals surface area contributed by atoms with Crippen LogP contribution in [-0.2, 0) is 16.0 Å². The fraction of sp³-hybridized carbons (Fsp3) is 0.458. The second kappa shape index (κ2) is 9.74. The highest BCUT2D eigenvalue weighted by Crippen LogP contribution is 2.28. The Morgan fingerprint density at radius 3 is 2.18 bits per heavy atom. The van der Waals surface area contributed by atoms with Gasteiger partial charge in [0.2, 0.25) is 0 Å². The predicted octanol–water partition coefficient (Wildman–Crippen LogP) is 4.32. The molecule has 150 valence electrons. The summed E-state index contributed by atoms with van der Waals surface area (Å²) >= 11 is 0. The number of likely N-dealkylation sites (tertiary alicyclic amines) is 1. The summed E-state index contributed by atoms with van der Waals surface area (Å²) in [5.74, 6) is 0.844. The van der Waals surface area contributed by atoms with E-state index in [9.17, 15) is 4.79 Å². The van der Waals surface area contributed by atoms with E-state index < -0.39 is 0 Å². The normalized spacial score (nSPS) is 22.6. The Kier molecular flexibility index (Phi) is 7.10. The molecule has 1 saturated heterocycles. The molecule has 3 rings (SSSR count). The quantitative estimate of drug-likeness (QED) is 0.670. The number of carbonyl (C=O) groups excluding carboxylic acids is 1. The highest BCUT2D eigenvalue weighted by atomic mass is 16.5. The molecule has 0 amide bonds. The van der Waals surface area contributed by atoms with E-state index in [0.29, 0.717) is 18.7 Å². The summed E-state index contributed by atoms with van der Waals surface area (Å²) in [6, 6.07) is 19.6. The monoisotopic (exact) mass is 381 g/mol. The van der Waals surface area contributed by atoms with Crippen LogP contribution in [0.15, 0.2) is 54.6 Å². The average molecular weight is 382 g/mol. The molecule has 0 unspecified atom stereocenters. The van der Waals surface area contributed by atoms with Gasteiger partial charge in [-0.25, -0.2) is 0 Å². The van der Waals surface area contributed by atoms with Crippen molar-refractivity contribution in [3.63, 3.8) is 0 Å². The molecule has 1 heterocycles. The number of methoxy groups -OCH3 is 1. The van der Waals surface area contributed by atoms with Gasteiger partial charge in [0.1, 0.15) is 12.4 Å². The summed E-state index contributed by atoms with van der Waals surface area (Å²) in [7, 11) is 1.48. The van der Waals surface area contributed by atoms with Gasteiger partial charge in [-0.05, 0) is 56.4 Å². The largest absolute Gasteiger partial charge is 0.492 e. The minimum atomic E-state index is -0.0785. The number of piperidine rings is 1. The molecular formula is C24H31NO3. The van der Waals surface area contributed by atoms with Crippen molar-refractivity contribution in [2.24, 2.45) is 5.92 Å². The summed E-state index contributed by atoms with van der Waals surface area (Å²) in [5.41, 5.74) is 2.60. The smallest absolute Gasteiger partial charge is 0.308 e. The Balaban J connectivity index is 1.46. The molecule has 2 aromatic carbocycles. The third-order valence-electron chi connectivity index (χ3n) is 5.71. The summed E-state index contributed by atoms with van der Waals surface area (Å²) in [6.07, 6.45) is 2.64. The number of hydrogen-bond donors (Lipinski definition) is 0. The van der Waals surface area contributed by atoms with Crippen molar-refractivity contribution in [2.75, 3.05) is 20.3 Å². The van der Waals surface area contributed by atoms with Crippen LogP contribution in [0.5, 0.6) is 5.75 Å². The van der Waals surface area contributed by atoms with Crippen LogP contribution in [0.2, 0.25) is 0 Å². The van der Waals surface area contributed by atoms with E-state index in [4.69, 9.17) is 9.47 Å². The Labute approximate surface area is 168 Å². The molecule has 4 heteroatoms. The Morgan fingerprint density at radius 1 is 0.964 bits per heavy atom. The molecule has 1 fully saturated rings. The van der Waals surface area contributed by atoms with E-state index in [1.54, 1.807) is 0 Å². The number of rotatable bonds is 7. The lowest BCUT2D eigenvalue weighted by Gasteiger charge is -2.41. The molecule has 4 nitrogen and oxygen atoms in total. The van der Waals surface area contributed by atoms with Crippen LogP contribution in [0, 0.1) is 5.92 Å². The van der Waals surface area contributed by atoms with Gasteiger partial charge in [0, 0.05) is 18.6 Å². The van der Waals surface area contributed by atoms with Crippen molar-refractivity contribution in [3.05, 3.63) is 65.7 Å². The lowest BCUT2D eigenvalue weighted by molar-refractivity contribution is -0.148. The maximum atomic E-state index is 11.8. The lowest BCUT2D eigenvalue weighted by atomic mass is 9.87. The molecule has 28 heavy (non-hydrogen) atoms. The second-order valence-electron chi connectivity index (χ2n) is 7.78. The first kappa shape index (κ1) is 20.4. The molecule has 2 aromatic rings. The lowest BCUT2D eigenvalue weighted by Crippen LogP contribution is -2.49. The standard InChI is InChI=1S/C24H31NO3/c1-18-15-22(24(26)27-3)16-19(2)25(18)13-14-28-23-11-9-21(10-12-23)17-20-7-5-4-6-8-20/h4-12,18-19,22H,13-17H2,1-3H3/t18-,19-/m1/s1. The molecule has 0 N–H and O–H groups in total. The summed E-state index contributed by atoms with van der Waals surface area (Å²) < 4.78 is 10.9. The SMILES string of the molecule is COC(=O)C1C[C@@H](C)N(CCOc2ccc(Cc3ccccc3)cc2)[C@H](C)C1. The van der Waals surface area contributed by atoms with Gasteiger partial charge in [-0.2, -0.15) is 0 Å². The number of benzene rings is 2. The minimum Gasteiger partial charge on any atom is -0.492 e. The van der Waals surface area contributed by atoms with Crippen molar-refractivity contribution in [2.45, 2.75) is 45.2 Å². The molecular weight excluding hydrogens is 350 g/mol. The van der Waals surface area contributed by atoms with E-state index in [0.717, 1.165) is 31.6 Å². The maximum Gasteiger partial charge on any atom is 0.308 e. The predicted molar refractivity (Wildman–Crippen MR) is 112 cm³/mol. The van der Waals surface area contributed by atoms with Gasteiger partial charge in [0.25, 0.3) is 0 Å². The summed E-state index contributed by atoms with van der Waals surface area (Å²) in [6.45, 7) is 5.88. The fourth-order valence-corrected chi connectivity index (χ4v) is 4.23. The Morgan fingerprint density at radius 2 is 1.57 bits per heavy atom. The van der Waals surface area contributed by atoms with E-state index in [1.165, 1.54) is 18.2 Å². The molecule has 0 aromatic heterocycles. The number of ether oxygens (including phenoxy) is 2. The second-order valence-corrected chi connectivity index (χ2v) is 7.78. The van der Waals surface area contributed by atoms with E-state index in [-0.39, 0.29) is 11.9 Å². The topological polar surface area (TPSA) is 38.8 Å². The van der Waals surface area contributed by atoms with Crippen molar-refractivity contribution in [1.29, 1.82) is 0 Å². The third-order valence-corrected chi connectivity index (χ3v) is 5.71. The molecule has 0 radical (unpaired) electrons. The van der Waals surface area contributed by atoms with E-state index in [2.05, 4.69) is 67.3 Å². The van der Waals surface area contributed by atoms with Crippen LogP contribution in [0.4, 0.5) is 0 Å². The minimum absolute atomic E-state index is 0.0179. The summed E-state index contributed by atoms with van der Waals surface area (Å²) in [5, 5.41) is 0. The zero-order valence-electron chi connectivity index (χ0n) is 17.1. The highest BCUT2D eigenvalue weighted by molar-refractivity contribution is 5.72. The van der Waals surface area contributed by atoms with Gasteiger partial charge in [-0.3, -0.25) is 9.69 Å². The molecule has 2 atom stereocenters. The molecule has 0 bridgehead atoms. The average Bonchev–Trinajstić information content (AvgIpc) is 2.71. The fourth-order valence-electron chi connectivity index (χ4n) is 4.23. The van der Waals surface area contributed by atoms with Gasteiger partial charge in [0.15, 0.2) is 0 Å². The summed E-state index contributed by atoms with van der Waals surface area (Å²) in [4.78, 5) is 14.3. The van der Waals surface area contributed by atoms with Crippen LogP contribution < -0.4 is 4.74 Å². The number of hydrogen-bond acceptors (Lipinski definition) is 4. The van der Waals surface area contributed by atoms with Crippen molar-refractivity contribution >= 4 is 5.97 Å². The van der Waals surface area contributed by atoms with Crippen LogP contribution in [0.3, 0.4) is 0 Å². The van der Waals surface area contributed by atoms with E-state index in [1.807, 2.05) is 6.07 Å². The van der Waals surface area contributed by atoms with Crippen LogP contribution in [0.1, 0.15) is 37.8 Å². The van der Waals surface area contributed by atoms with Crippen molar-refractivity contribution in [1.82, 2.24) is 4.90 Å². The van der Waals surface area contributed by atoms with Gasteiger partial charge in [-0.1, -0.05) is 42.5 Å². The Bertz CT molecular complexity index is 732. The molecule has 1 aliphatic heterocycles. The first-order chi connectivity index (χ1) is 13.6. The molecule has 0 saturated carbocycles. The zero-order chi connectivity index (χ0) is 19.9. The van der Waals surface area contributed by atoms with Crippen molar-refractivity contribution in [3.8, 4) is 5.75 Å². The van der Waals surface area contributed by atoms with Crippen LogP contribution in [0.25, 0.3) is 0 Å². The number of esters is 1. The molecule has 0 aliphatic carbocycles. The number of nitrogens with zero attached hydrogens (tertiary/aromatic N) is 1. The maximum absolute atomic E-state index is 11.8. The van der Waals surface area contributed by atoms with Gasteiger partial charge in [0.05, 0.1) is 13.0 Å². The van der Waals surface area contributed by atoms with Gasteiger partial charge < -0.3 is 9.47 Å². The van der Waals surface area contributed by atoms with E-state index >= 15 is 0 Å². The first-order valence-electron chi connectivity index (χ1n) is 10.2. The third kappa shape index (κ3) is 5.35. The number of carbonyl (C=O) groups is 1. The Hall–Kier alpha value is -2.33. The zero-order valence-corrected chi connectivity index (χ0v) is 17.1. The molecule has 0 spiro atoms. The van der Waals surface area contributed by atoms with Crippen LogP contribution in [-0.4, -0.2) is 43.2 Å².